The Balaban J connectivity index is 2.64. The van der Waals surface area contributed by atoms with Crippen LogP contribution in [0, 0.1) is 5.92 Å². The van der Waals surface area contributed by atoms with E-state index in [1.165, 1.54) is 6.92 Å². The van der Waals surface area contributed by atoms with E-state index < -0.39 is 0 Å². The highest BCUT2D eigenvalue weighted by atomic mass is 16.3. The Morgan fingerprint density at radius 3 is 2.47 bits per heavy atom. The molecule has 0 spiro atoms. The van der Waals surface area contributed by atoms with Gasteiger partial charge in [-0.1, -0.05) is 44.2 Å². The molecular formula is C16H19NO2. The number of carbonyl (C=O) groups is 1. The Hall–Kier alpha value is -2.03. The minimum absolute atomic E-state index is 0.0916. The molecule has 3 heteroatoms. The molecule has 0 saturated carbocycles. The maximum absolute atomic E-state index is 11.4. The lowest BCUT2D eigenvalue weighted by molar-refractivity contribution is -0.120. The molecule has 0 aliphatic carbocycles. The Kier molecular flexibility index (Phi) is 3.74. The summed E-state index contributed by atoms with van der Waals surface area (Å²) in [4.78, 5) is 11.4. The molecule has 0 aliphatic rings. The van der Waals surface area contributed by atoms with E-state index in [1.807, 2.05) is 44.2 Å². The van der Waals surface area contributed by atoms with Crippen molar-refractivity contribution in [2.45, 2.75) is 26.8 Å². The van der Waals surface area contributed by atoms with Gasteiger partial charge in [-0.3, -0.25) is 4.79 Å². The van der Waals surface area contributed by atoms with Crippen LogP contribution in [-0.4, -0.2) is 11.0 Å². The molecule has 1 unspecified atom stereocenters. The molecule has 2 rings (SSSR count). The molecular weight excluding hydrogens is 238 g/mol. The molecule has 1 atom stereocenters. The Morgan fingerprint density at radius 2 is 1.84 bits per heavy atom. The second-order valence-electron chi connectivity index (χ2n) is 5.14. The second-order valence-corrected chi connectivity index (χ2v) is 5.14. The Bertz CT molecular complexity index is 605. The number of benzene rings is 2. The predicted molar refractivity (Wildman–Crippen MR) is 77.0 cm³/mol. The third kappa shape index (κ3) is 2.70. The minimum Gasteiger partial charge on any atom is -0.508 e. The van der Waals surface area contributed by atoms with Crippen LogP contribution in [0.4, 0.5) is 0 Å². The van der Waals surface area contributed by atoms with Crippen molar-refractivity contribution in [2.75, 3.05) is 0 Å². The van der Waals surface area contributed by atoms with Gasteiger partial charge >= 0.3 is 0 Å². The SMILES string of the molecule is CC(=O)NC(c1c(O)ccc2ccccc12)C(C)C. The number of phenols is 1. The Labute approximate surface area is 113 Å². The number of hydrogen-bond acceptors (Lipinski definition) is 2. The third-order valence-electron chi connectivity index (χ3n) is 3.28. The highest BCUT2D eigenvalue weighted by molar-refractivity contribution is 5.88. The first kappa shape index (κ1) is 13.4. The first-order valence-corrected chi connectivity index (χ1v) is 6.48. The maximum atomic E-state index is 11.4. The summed E-state index contributed by atoms with van der Waals surface area (Å²) >= 11 is 0. The molecule has 2 aromatic rings. The van der Waals surface area contributed by atoms with Crippen LogP contribution in [-0.2, 0) is 4.79 Å². The predicted octanol–water partition coefficient (Wildman–Crippen LogP) is 3.38. The number of aromatic hydroxyl groups is 1. The fraction of sp³-hybridized carbons (Fsp3) is 0.312. The smallest absolute Gasteiger partial charge is 0.217 e. The van der Waals surface area contributed by atoms with Crippen molar-refractivity contribution in [1.29, 1.82) is 0 Å². The molecule has 0 fully saturated rings. The summed E-state index contributed by atoms with van der Waals surface area (Å²) in [6, 6.07) is 11.3. The van der Waals surface area contributed by atoms with Crippen molar-refractivity contribution in [2.24, 2.45) is 5.92 Å². The van der Waals surface area contributed by atoms with Gasteiger partial charge < -0.3 is 10.4 Å². The highest BCUT2D eigenvalue weighted by Crippen LogP contribution is 2.35. The van der Waals surface area contributed by atoms with Crippen molar-refractivity contribution >= 4 is 16.7 Å². The van der Waals surface area contributed by atoms with E-state index in [4.69, 9.17) is 0 Å². The molecule has 100 valence electrons. The van der Waals surface area contributed by atoms with Crippen LogP contribution in [0.3, 0.4) is 0 Å². The number of nitrogens with one attached hydrogen (secondary N) is 1. The summed E-state index contributed by atoms with van der Waals surface area (Å²) in [5.74, 6) is 0.331. The van der Waals surface area contributed by atoms with E-state index in [0.29, 0.717) is 0 Å². The fourth-order valence-corrected chi connectivity index (χ4v) is 2.40. The molecule has 0 bridgehead atoms. The summed E-state index contributed by atoms with van der Waals surface area (Å²) in [5.41, 5.74) is 0.795. The van der Waals surface area contributed by atoms with E-state index in [9.17, 15) is 9.90 Å². The molecule has 0 saturated heterocycles. The second kappa shape index (κ2) is 5.31. The molecule has 0 radical (unpaired) electrons. The van der Waals surface area contributed by atoms with Gasteiger partial charge in [0.05, 0.1) is 6.04 Å². The molecule has 1 amide bonds. The lowest BCUT2D eigenvalue weighted by Crippen LogP contribution is -2.29. The zero-order valence-electron chi connectivity index (χ0n) is 11.5. The highest BCUT2D eigenvalue weighted by Gasteiger charge is 2.22. The zero-order valence-corrected chi connectivity index (χ0v) is 11.5. The average Bonchev–Trinajstić information content (AvgIpc) is 2.36. The number of phenolic OH excluding ortho intramolecular Hbond substituents is 1. The molecule has 2 N–H and O–H groups in total. The number of carbonyl (C=O) groups excluding carboxylic acids is 1. The first-order chi connectivity index (χ1) is 9.00. The van der Waals surface area contributed by atoms with Crippen LogP contribution in [0.25, 0.3) is 10.8 Å². The van der Waals surface area contributed by atoms with Gasteiger partial charge in [0.1, 0.15) is 5.75 Å². The van der Waals surface area contributed by atoms with E-state index >= 15 is 0 Å². The van der Waals surface area contributed by atoms with Gasteiger partial charge in [-0.25, -0.2) is 0 Å². The standard InChI is InChI=1S/C16H19NO2/c1-10(2)16(17-11(3)18)15-13-7-5-4-6-12(13)8-9-14(15)19/h4-10,16,19H,1-3H3,(H,17,18). The summed E-state index contributed by atoms with van der Waals surface area (Å²) in [6.45, 7) is 5.56. The number of rotatable bonds is 3. The maximum Gasteiger partial charge on any atom is 0.217 e. The number of fused-ring (bicyclic) bond motifs is 1. The molecule has 2 aromatic carbocycles. The van der Waals surface area contributed by atoms with Crippen LogP contribution in [0.5, 0.6) is 5.75 Å². The van der Waals surface area contributed by atoms with Crippen molar-refractivity contribution in [1.82, 2.24) is 5.32 Å². The van der Waals surface area contributed by atoms with E-state index in [0.717, 1.165) is 16.3 Å². The minimum atomic E-state index is -0.191. The van der Waals surface area contributed by atoms with Gasteiger partial charge in [0.2, 0.25) is 5.91 Å². The van der Waals surface area contributed by atoms with E-state index in [1.54, 1.807) is 6.07 Å². The monoisotopic (exact) mass is 257 g/mol. The van der Waals surface area contributed by atoms with Gasteiger partial charge in [-0.15, -0.1) is 0 Å². The van der Waals surface area contributed by atoms with E-state index in [2.05, 4.69) is 5.32 Å². The van der Waals surface area contributed by atoms with Crippen molar-refractivity contribution in [3.63, 3.8) is 0 Å². The van der Waals surface area contributed by atoms with Crippen LogP contribution in [0.2, 0.25) is 0 Å². The molecule has 0 heterocycles. The normalized spacial score (nSPS) is 12.6. The molecule has 3 nitrogen and oxygen atoms in total. The van der Waals surface area contributed by atoms with Gasteiger partial charge in [0.15, 0.2) is 0 Å². The lowest BCUT2D eigenvalue weighted by Gasteiger charge is -2.24. The summed E-state index contributed by atoms with van der Waals surface area (Å²) in [5, 5.41) is 15.2. The van der Waals surface area contributed by atoms with Crippen molar-refractivity contribution < 1.29 is 9.90 Å². The van der Waals surface area contributed by atoms with Crippen molar-refractivity contribution in [3.05, 3.63) is 42.0 Å². The lowest BCUT2D eigenvalue weighted by atomic mass is 9.90. The van der Waals surface area contributed by atoms with Crippen molar-refractivity contribution in [3.8, 4) is 5.75 Å². The number of hydrogen-bond donors (Lipinski definition) is 2. The topological polar surface area (TPSA) is 49.3 Å². The summed E-state index contributed by atoms with van der Waals surface area (Å²) in [7, 11) is 0. The van der Waals surface area contributed by atoms with E-state index in [-0.39, 0.29) is 23.6 Å². The average molecular weight is 257 g/mol. The molecule has 0 aliphatic heterocycles. The largest absolute Gasteiger partial charge is 0.508 e. The fourth-order valence-electron chi connectivity index (χ4n) is 2.40. The van der Waals surface area contributed by atoms with Crippen LogP contribution in [0.15, 0.2) is 36.4 Å². The van der Waals surface area contributed by atoms with Gasteiger partial charge in [0, 0.05) is 12.5 Å². The van der Waals surface area contributed by atoms with Gasteiger partial charge in [0.25, 0.3) is 0 Å². The van der Waals surface area contributed by atoms with Gasteiger partial charge in [-0.2, -0.15) is 0 Å². The first-order valence-electron chi connectivity index (χ1n) is 6.48. The molecule has 19 heavy (non-hydrogen) atoms. The summed E-state index contributed by atoms with van der Waals surface area (Å²) in [6.07, 6.45) is 0. The summed E-state index contributed by atoms with van der Waals surface area (Å²) < 4.78 is 0. The molecule has 0 aromatic heterocycles. The third-order valence-corrected chi connectivity index (χ3v) is 3.28. The van der Waals surface area contributed by atoms with Crippen LogP contribution < -0.4 is 5.32 Å². The van der Waals surface area contributed by atoms with Crippen LogP contribution in [0.1, 0.15) is 32.4 Å². The Morgan fingerprint density at radius 1 is 1.16 bits per heavy atom. The van der Waals surface area contributed by atoms with Crippen LogP contribution >= 0.6 is 0 Å². The zero-order chi connectivity index (χ0) is 14.0. The van der Waals surface area contributed by atoms with Gasteiger partial charge in [-0.05, 0) is 22.8 Å². The quantitative estimate of drug-likeness (QED) is 0.885. The number of amides is 1.